The summed E-state index contributed by atoms with van der Waals surface area (Å²) < 4.78 is 15.8. The number of benzene rings is 1. The van der Waals surface area contributed by atoms with Crippen molar-refractivity contribution in [2.24, 2.45) is 11.7 Å². The average Bonchev–Trinajstić information content (AvgIpc) is 2.62. The van der Waals surface area contributed by atoms with E-state index >= 15 is 0 Å². The number of rotatable bonds is 9. The molecule has 0 aliphatic carbocycles. The molecule has 8 nitrogen and oxygen atoms in total. The first-order chi connectivity index (χ1) is 11.9. The minimum atomic E-state index is -0.646. The summed E-state index contributed by atoms with van der Waals surface area (Å²) in [6.45, 7) is 4.01. The minimum absolute atomic E-state index is 0.189. The van der Waals surface area contributed by atoms with Gasteiger partial charge >= 0.3 is 0 Å². The highest BCUT2D eigenvalue weighted by Crippen LogP contribution is 2.38. The molecule has 0 bridgehead atoms. The van der Waals surface area contributed by atoms with Crippen LogP contribution in [0.5, 0.6) is 17.2 Å². The molecule has 136 valence electrons. The number of methoxy groups -OCH3 is 2. The van der Waals surface area contributed by atoms with Crippen molar-refractivity contribution in [2.45, 2.75) is 13.8 Å². The molecule has 0 aliphatic rings. The normalized spacial score (nSPS) is 11.2. The second kappa shape index (κ2) is 9.37. The SMILES string of the molecule is CCN(C[C@@H](C)C#N)C(=O)c1cc(OC)c(OCC(N)=O)c(OC)c1. The van der Waals surface area contributed by atoms with Gasteiger partial charge in [-0.1, -0.05) is 0 Å². The quantitative estimate of drug-likeness (QED) is 0.716. The lowest BCUT2D eigenvalue weighted by atomic mass is 10.1. The zero-order valence-electron chi connectivity index (χ0n) is 14.9. The van der Waals surface area contributed by atoms with E-state index in [1.54, 1.807) is 11.8 Å². The van der Waals surface area contributed by atoms with Crippen LogP contribution in [0.4, 0.5) is 0 Å². The van der Waals surface area contributed by atoms with Crippen molar-refractivity contribution in [1.29, 1.82) is 5.26 Å². The number of hydrogen-bond acceptors (Lipinski definition) is 6. The van der Waals surface area contributed by atoms with Crippen LogP contribution >= 0.6 is 0 Å². The predicted octanol–water partition coefficient (Wildman–Crippen LogP) is 1.19. The Kier molecular flexibility index (Phi) is 7.53. The fourth-order valence-corrected chi connectivity index (χ4v) is 2.20. The Morgan fingerprint density at radius 1 is 1.28 bits per heavy atom. The van der Waals surface area contributed by atoms with Gasteiger partial charge in [0.1, 0.15) is 0 Å². The van der Waals surface area contributed by atoms with Crippen molar-refractivity contribution in [1.82, 2.24) is 4.90 Å². The minimum Gasteiger partial charge on any atom is -0.493 e. The third-order valence-corrected chi connectivity index (χ3v) is 3.45. The van der Waals surface area contributed by atoms with Gasteiger partial charge in [-0.25, -0.2) is 0 Å². The van der Waals surface area contributed by atoms with Crippen LogP contribution in [0.15, 0.2) is 12.1 Å². The van der Waals surface area contributed by atoms with Gasteiger partial charge in [-0.05, 0) is 26.0 Å². The second-order valence-electron chi connectivity index (χ2n) is 5.34. The molecule has 8 heteroatoms. The maximum atomic E-state index is 12.7. The lowest BCUT2D eigenvalue weighted by Crippen LogP contribution is -2.34. The Hall–Kier alpha value is -2.95. The molecule has 1 rings (SSSR count). The molecule has 0 saturated carbocycles. The van der Waals surface area contributed by atoms with Crippen LogP contribution in [-0.4, -0.2) is 50.6 Å². The molecule has 2 N–H and O–H groups in total. The van der Waals surface area contributed by atoms with Gasteiger partial charge in [-0.3, -0.25) is 9.59 Å². The molecule has 0 fully saturated rings. The monoisotopic (exact) mass is 349 g/mol. The summed E-state index contributed by atoms with van der Waals surface area (Å²) in [5.74, 6) is -0.518. The van der Waals surface area contributed by atoms with Gasteiger partial charge in [0.2, 0.25) is 5.75 Å². The summed E-state index contributed by atoms with van der Waals surface area (Å²) in [5, 5.41) is 8.95. The van der Waals surface area contributed by atoms with Crippen molar-refractivity contribution < 1.29 is 23.8 Å². The molecular formula is C17H23N3O5. The third-order valence-electron chi connectivity index (χ3n) is 3.45. The van der Waals surface area contributed by atoms with E-state index in [1.165, 1.54) is 26.4 Å². The number of nitrogens with zero attached hydrogens (tertiary/aromatic N) is 2. The number of carbonyl (C=O) groups excluding carboxylic acids is 2. The average molecular weight is 349 g/mol. The third kappa shape index (κ3) is 5.28. The topological polar surface area (TPSA) is 115 Å². The van der Waals surface area contributed by atoms with E-state index < -0.39 is 5.91 Å². The molecule has 1 aromatic rings. The van der Waals surface area contributed by atoms with Crippen molar-refractivity contribution in [2.75, 3.05) is 33.9 Å². The molecule has 0 aliphatic heterocycles. The van der Waals surface area contributed by atoms with Gasteiger partial charge in [-0.2, -0.15) is 5.26 Å². The Labute approximate surface area is 147 Å². The first-order valence-electron chi connectivity index (χ1n) is 7.73. The molecule has 1 aromatic carbocycles. The lowest BCUT2D eigenvalue weighted by Gasteiger charge is -2.23. The fraction of sp³-hybridized carbons (Fsp3) is 0.471. The van der Waals surface area contributed by atoms with E-state index in [-0.39, 0.29) is 35.7 Å². The van der Waals surface area contributed by atoms with E-state index in [0.717, 1.165) is 0 Å². The van der Waals surface area contributed by atoms with Crippen molar-refractivity contribution in [3.05, 3.63) is 17.7 Å². The maximum absolute atomic E-state index is 12.7. The summed E-state index contributed by atoms with van der Waals surface area (Å²) in [6.07, 6.45) is 0. The highest BCUT2D eigenvalue weighted by molar-refractivity contribution is 5.95. The van der Waals surface area contributed by atoms with E-state index in [2.05, 4.69) is 6.07 Å². The van der Waals surface area contributed by atoms with E-state index in [1.807, 2.05) is 6.92 Å². The number of primary amides is 1. The van der Waals surface area contributed by atoms with Gasteiger partial charge in [0.15, 0.2) is 18.1 Å². The molecule has 0 saturated heterocycles. The number of ether oxygens (including phenoxy) is 3. The molecule has 2 amide bonds. The number of nitriles is 1. The molecule has 0 unspecified atom stereocenters. The summed E-state index contributed by atoms with van der Waals surface area (Å²) in [6, 6.07) is 5.11. The molecule has 0 spiro atoms. The van der Waals surface area contributed by atoms with Crippen LogP contribution in [0, 0.1) is 17.2 Å². The summed E-state index contributed by atoms with van der Waals surface area (Å²) in [7, 11) is 2.82. The van der Waals surface area contributed by atoms with E-state index in [0.29, 0.717) is 18.7 Å². The summed E-state index contributed by atoms with van der Waals surface area (Å²) >= 11 is 0. The largest absolute Gasteiger partial charge is 0.493 e. The zero-order chi connectivity index (χ0) is 19.0. The van der Waals surface area contributed by atoms with Crippen molar-refractivity contribution >= 4 is 11.8 Å². The van der Waals surface area contributed by atoms with Crippen LogP contribution < -0.4 is 19.9 Å². The standard InChI is InChI=1S/C17H23N3O5/c1-5-20(9-11(2)8-18)17(22)12-6-13(23-3)16(14(7-12)24-4)25-10-15(19)21/h6-7,11H,5,9-10H2,1-4H3,(H2,19,21)/t11-/m0/s1. The number of nitrogens with two attached hydrogens (primary N) is 1. The fourth-order valence-electron chi connectivity index (χ4n) is 2.20. The number of hydrogen-bond donors (Lipinski definition) is 1. The molecule has 0 heterocycles. The van der Waals surface area contributed by atoms with Gasteiger partial charge in [0, 0.05) is 18.7 Å². The highest BCUT2D eigenvalue weighted by atomic mass is 16.5. The highest BCUT2D eigenvalue weighted by Gasteiger charge is 2.22. The Morgan fingerprint density at radius 2 is 1.84 bits per heavy atom. The van der Waals surface area contributed by atoms with E-state index in [9.17, 15) is 9.59 Å². The zero-order valence-corrected chi connectivity index (χ0v) is 14.9. The molecule has 25 heavy (non-hydrogen) atoms. The molecule has 0 radical (unpaired) electrons. The van der Waals surface area contributed by atoms with Gasteiger partial charge in [-0.15, -0.1) is 0 Å². The molecule has 0 aromatic heterocycles. The second-order valence-corrected chi connectivity index (χ2v) is 5.34. The number of carbonyl (C=O) groups is 2. The smallest absolute Gasteiger partial charge is 0.255 e. The first kappa shape index (κ1) is 20.1. The van der Waals surface area contributed by atoms with Gasteiger partial charge in [0.05, 0.1) is 26.2 Å². The van der Waals surface area contributed by atoms with Crippen LogP contribution in [0.2, 0.25) is 0 Å². The first-order valence-corrected chi connectivity index (χ1v) is 7.73. The Bertz CT molecular complexity index is 644. The van der Waals surface area contributed by atoms with Crippen LogP contribution in [0.1, 0.15) is 24.2 Å². The van der Waals surface area contributed by atoms with Gasteiger partial charge in [0.25, 0.3) is 11.8 Å². The molecule has 1 atom stereocenters. The Balaban J connectivity index is 3.21. The molecular weight excluding hydrogens is 326 g/mol. The Morgan fingerprint density at radius 3 is 2.24 bits per heavy atom. The van der Waals surface area contributed by atoms with Crippen LogP contribution in [0.25, 0.3) is 0 Å². The van der Waals surface area contributed by atoms with Crippen molar-refractivity contribution in [3.8, 4) is 23.3 Å². The van der Waals surface area contributed by atoms with Crippen LogP contribution in [-0.2, 0) is 4.79 Å². The predicted molar refractivity (Wildman–Crippen MR) is 90.6 cm³/mol. The van der Waals surface area contributed by atoms with E-state index in [4.69, 9.17) is 25.2 Å². The van der Waals surface area contributed by atoms with Gasteiger partial charge < -0.3 is 24.8 Å². The van der Waals surface area contributed by atoms with Crippen LogP contribution in [0.3, 0.4) is 0 Å². The maximum Gasteiger partial charge on any atom is 0.255 e. The number of amides is 2. The summed E-state index contributed by atoms with van der Waals surface area (Å²) in [4.78, 5) is 25.2. The summed E-state index contributed by atoms with van der Waals surface area (Å²) in [5.41, 5.74) is 5.41. The van der Waals surface area contributed by atoms with Crippen molar-refractivity contribution in [3.63, 3.8) is 0 Å². The lowest BCUT2D eigenvalue weighted by molar-refractivity contribution is -0.120.